The summed E-state index contributed by atoms with van der Waals surface area (Å²) in [7, 11) is 1.61. The Kier molecular flexibility index (Phi) is 5.69. The van der Waals surface area contributed by atoms with Crippen LogP contribution in [0.1, 0.15) is 29.1 Å². The van der Waals surface area contributed by atoms with Crippen molar-refractivity contribution in [1.29, 1.82) is 5.26 Å². The summed E-state index contributed by atoms with van der Waals surface area (Å²) in [6.07, 6.45) is 0.707. The second-order valence-electron chi connectivity index (χ2n) is 6.89. The van der Waals surface area contributed by atoms with E-state index in [4.69, 9.17) is 4.42 Å². The zero-order valence-corrected chi connectivity index (χ0v) is 16.7. The van der Waals surface area contributed by atoms with Crippen molar-refractivity contribution < 1.29 is 23.0 Å². The monoisotopic (exact) mass is 445 g/mol. The summed E-state index contributed by atoms with van der Waals surface area (Å²) in [5.74, 6) is -0.606. The van der Waals surface area contributed by atoms with Gasteiger partial charge in [-0.25, -0.2) is 9.79 Å². The minimum absolute atomic E-state index is 0.0319. The lowest BCUT2D eigenvalue weighted by molar-refractivity contribution is -0.0498. The van der Waals surface area contributed by atoms with Crippen molar-refractivity contribution in [1.82, 2.24) is 24.5 Å². The Hall–Kier alpha value is -4.05. The second-order valence-corrected chi connectivity index (χ2v) is 6.89. The fraction of sp³-hybridized carbons (Fsp3) is 0.316. The lowest BCUT2D eigenvalue weighted by atomic mass is 10.1. The summed E-state index contributed by atoms with van der Waals surface area (Å²) in [5, 5.41) is 28.0. The number of aliphatic imine (C=N–C) groups is 1. The maximum atomic E-state index is 12.2. The Bertz CT molecular complexity index is 1240. The van der Waals surface area contributed by atoms with Gasteiger partial charge in [0.2, 0.25) is 5.89 Å². The molecule has 166 valence electrons. The van der Waals surface area contributed by atoms with E-state index in [-0.39, 0.29) is 41.8 Å². The maximum absolute atomic E-state index is 12.2. The van der Waals surface area contributed by atoms with E-state index in [9.17, 15) is 23.9 Å². The van der Waals surface area contributed by atoms with Gasteiger partial charge in [-0.1, -0.05) is 12.1 Å². The molecule has 0 bridgehead atoms. The number of aromatic nitrogens is 4. The highest BCUT2D eigenvalue weighted by Crippen LogP contribution is 2.33. The zero-order chi connectivity index (χ0) is 22.8. The van der Waals surface area contributed by atoms with Crippen LogP contribution in [0.4, 0.5) is 14.5 Å². The molecule has 1 atom stereocenters. The minimum atomic E-state index is -2.90. The first-order valence-corrected chi connectivity index (χ1v) is 9.41. The molecule has 1 N–H and O–H groups in total. The number of nitriles is 1. The third-order valence-corrected chi connectivity index (χ3v) is 4.76. The van der Waals surface area contributed by atoms with Crippen molar-refractivity contribution in [2.24, 2.45) is 4.99 Å². The Morgan fingerprint density at radius 2 is 2.03 bits per heavy atom. The molecule has 0 saturated heterocycles. The average Bonchev–Trinajstić information content (AvgIpc) is 3.29. The number of fused-ring (bicyclic) bond motifs is 1. The van der Waals surface area contributed by atoms with Crippen LogP contribution in [0.15, 0.2) is 38.5 Å². The van der Waals surface area contributed by atoms with Crippen LogP contribution in [0.3, 0.4) is 0 Å². The van der Waals surface area contributed by atoms with E-state index in [1.807, 2.05) is 6.07 Å². The van der Waals surface area contributed by atoms with Gasteiger partial charge in [-0.3, -0.25) is 4.68 Å². The number of aliphatic hydroxyl groups excluding tert-OH is 1. The van der Waals surface area contributed by atoms with Crippen molar-refractivity contribution >= 4 is 12.0 Å². The number of aryl methyl sites for hydroxylation is 2. The normalized spacial score (nSPS) is 15.1. The van der Waals surface area contributed by atoms with Crippen LogP contribution in [0.2, 0.25) is 0 Å². The summed E-state index contributed by atoms with van der Waals surface area (Å²) in [4.78, 5) is 17.7. The molecule has 2 aromatic heterocycles. The molecule has 11 nitrogen and oxygen atoms in total. The van der Waals surface area contributed by atoms with Crippen molar-refractivity contribution in [3.05, 3.63) is 57.7 Å². The summed E-state index contributed by atoms with van der Waals surface area (Å²) in [5.41, 5.74) is 1.35. The predicted molar refractivity (Wildman–Crippen MR) is 104 cm³/mol. The van der Waals surface area contributed by atoms with Crippen LogP contribution in [0.5, 0.6) is 5.75 Å². The molecule has 1 unspecified atom stereocenters. The quantitative estimate of drug-likeness (QED) is 0.577. The Balaban J connectivity index is 1.48. The van der Waals surface area contributed by atoms with E-state index in [0.717, 1.165) is 10.2 Å². The van der Waals surface area contributed by atoms with Crippen LogP contribution >= 0.6 is 0 Å². The largest absolute Gasteiger partial charge is 0.437 e. The fourth-order valence-electron chi connectivity index (χ4n) is 3.20. The number of nitrogens with zero attached hydrogens (tertiary/aromatic N) is 7. The van der Waals surface area contributed by atoms with E-state index >= 15 is 0 Å². The summed E-state index contributed by atoms with van der Waals surface area (Å²) < 4.78 is 36.4. The van der Waals surface area contributed by atoms with Gasteiger partial charge < -0.3 is 19.2 Å². The van der Waals surface area contributed by atoms with Crippen LogP contribution in [-0.2, 0) is 19.5 Å². The zero-order valence-electron chi connectivity index (χ0n) is 16.7. The van der Waals surface area contributed by atoms with Crippen LogP contribution in [-0.4, -0.2) is 49.6 Å². The van der Waals surface area contributed by atoms with Crippen molar-refractivity contribution in [2.45, 2.75) is 32.3 Å². The third kappa shape index (κ3) is 4.21. The topological polar surface area (TPSA) is 135 Å². The molecular formula is C19H17F2N7O4. The highest BCUT2D eigenvalue weighted by Gasteiger charge is 2.29. The highest BCUT2D eigenvalue weighted by molar-refractivity contribution is 5.69. The highest BCUT2D eigenvalue weighted by atomic mass is 19.3. The van der Waals surface area contributed by atoms with Gasteiger partial charge in [-0.2, -0.15) is 23.8 Å². The number of hydrogen-bond donors (Lipinski definition) is 1. The predicted octanol–water partition coefficient (Wildman–Crippen LogP) is 1.39. The molecular weight excluding hydrogens is 428 g/mol. The number of benzene rings is 1. The number of rotatable bonds is 7. The molecule has 1 aromatic carbocycles. The number of aliphatic hydroxyl groups is 1. The van der Waals surface area contributed by atoms with Crippen molar-refractivity contribution in [2.75, 3.05) is 7.05 Å². The maximum Gasteiger partial charge on any atom is 0.437 e. The molecule has 1 aliphatic heterocycles. The van der Waals surface area contributed by atoms with Crippen LogP contribution < -0.4 is 10.5 Å². The van der Waals surface area contributed by atoms with Gasteiger partial charge in [0.15, 0.2) is 11.9 Å². The summed E-state index contributed by atoms with van der Waals surface area (Å²) in [6, 6.07) is 7.97. The molecule has 0 aliphatic carbocycles. The molecule has 32 heavy (non-hydrogen) atoms. The van der Waals surface area contributed by atoms with Gasteiger partial charge in [0, 0.05) is 7.05 Å². The molecule has 0 fully saturated rings. The minimum Gasteiger partial charge on any atom is -0.435 e. The van der Waals surface area contributed by atoms with Gasteiger partial charge in [0.25, 0.3) is 0 Å². The van der Waals surface area contributed by atoms with Gasteiger partial charge in [-0.05, 0) is 24.1 Å². The van der Waals surface area contributed by atoms with E-state index in [1.54, 1.807) is 19.2 Å². The molecule has 13 heteroatoms. The summed E-state index contributed by atoms with van der Waals surface area (Å²) in [6.45, 7) is -2.80. The molecule has 0 spiro atoms. The SMILES string of the molecule is CN1C=Nc2c(C#N)nn(Cc3nn(CCc4ccc(OC(F)F)cc4)c(=O)o3)c2C1O. The molecule has 0 radical (unpaired) electrons. The average molecular weight is 445 g/mol. The van der Waals surface area contributed by atoms with Gasteiger partial charge in [-0.15, -0.1) is 5.10 Å². The van der Waals surface area contributed by atoms with Gasteiger partial charge in [0.1, 0.15) is 29.7 Å². The van der Waals surface area contributed by atoms with Crippen LogP contribution in [0.25, 0.3) is 0 Å². The molecule has 3 aromatic rings. The molecule has 4 rings (SSSR count). The number of alkyl halides is 2. The number of halogens is 2. The first-order chi connectivity index (χ1) is 15.4. The van der Waals surface area contributed by atoms with Gasteiger partial charge >= 0.3 is 12.4 Å². The summed E-state index contributed by atoms with van der Waals surface area (Å²) >= 11 is 0. The smallest absolute Gasteiger partial charge is 0.435 e. The number of ether oxygens (including phenoxy) is 1. The lowest BCUT2D eigenvalue weighted by Gasteiger charge is -2.25. The van der Waals surface area contributed by atoms with Crippen LogP contribution in [0, 0.1) is 11.3 Å². The Morgan fingerprint density at radius 3 is 2.72 bits per heavy atom. The van der Waals surface area contributed by atoms with E-state index in [2.05, 4.69) is 19.9 Å². The Morgan fingerprint density at radius 1 is 1.28 bits per heavy atom. The lowest BCUT2D eigenvalue weighted by Crippen LogP contribution is -2.27. The van der Waals surface area contributed by atoms with E-state index in [1.165, 1.54) is 28.1 Å². The second kappa shape index (κ2) is 8.60. The van der Waals surface area contributed by atoms with E-state index < -0.39 is 18.6 Å². The molecule has 3 heterocycles. The van der Waals surface area contributed by atoms with E-state index in [0.29, 0.717) is 6.42 Å². The first-order valence-electron chi connectivity index (χ1n) is 9.41. The molecule has 0 amide bonds. The number of hydrogen-bond acceptors (Lipinski definition) is 9. The third-order valence-electron chi connectivity index (χ3n) is 4.76. The standard InChI is InChI=1S/C19H17F2N7O4/c1-26-10-23-15-13(8-22)24-28(16(15)17(26)29)9-14-25-27(19(30)32-14)7-6-11-2-4-12(5-3-11)31-18(20)21/h2-5,10,17-18,29H,6-7,9H2,1H3. The van der Waals surface area contributed by atoms with Crippen molar-refractivity contribution in [3.8, 4) is 11.8 Å². The molecule has 0 saturated carbocycles. The fourth-order valence-corrected chi connectivity index (χ4v) is 3.20. The molecule has 1 aliphatic rings. The van der Waals surface area contributed by atoms with Crippen molar-refractivity contribution in [3.63, 3.8) is 0 Å². The first kappa shape index (κ1) is 21.2. The van der Waals surface area contributed by atoms with Gasteiger partial charge in [0.05, 0.1) is 12.9 Å². The Labute approximate surface area is 179 Å².